The quantitative estimate of drug-likeness (QED) is 0.657. The fourth-order valence-electron chi connectivity index (χ4n) is 2.33. The van der Waals surface area contributed by atoms with Crippen LogP contribution < -0.4 is 4.74 Å². The molecule has 0 radical (unpaired) electrons. The number of pyridine rings is 1. The van der Waals surface area contributed by atoms with Gasteiger partial charge in [0, 0.05) is 27.9 Å². The summed E-state index contributed by atoms with van der Waals surface area (Å²) in [5.74, 6) is 0.109. The average Bonchev–Trinajstić information content (AvgIpc) is 3.09. The number of methoxy groups -OCH3 is 1. The van der Waals surface area contributed by atoms with Gasteiger partial charge in [0.2, 0.25) is 0 Å². The van der Waals surface area contributed by atoms with Gasteiger partial charge in [-0.3, -0.25) is 4.98 Å². The standard InChI is InChI=1S/C17H14ClNO3S2/c1-22-15-5-4-14(18)8-17(15)24(20,21)11-12-7-13(10-19-9-12)16-3-2-6-23-16/h2-10H,11H2,1H3. The minimum absolute atomic E-state index is 0.0824. The van der Waals surface area contributed by atoms with Crippen molar-refractivity contribution in [3.8, 4) is 16.2 Å². The number of sulfone groups is 1. The molecule has 0 N–H and O–H groups in total. The van der Waals surface area contributed by atoms with E-state index < -0.39 is 9.84 Å². The number of ether oxygens (including phenoxy) is 1. The van der Waals surface area contributed by atoms with Crippen molar-refractivity contribution in [2.45, 2.75) is 10.6 Å². The number of benzene rings is 1. The molecule has 2 aromatic heterocycles. The Morgan fingerprint density at radius 3 is 2.75 bits per heavy atom. The molecule has 24 heavy (non-hydrogen) atoms. The summed E-state index contributed by atoms with van der Waals surface area (Å²) in [6, 6.07) is 10.3. The second-order valence-electron chi connectivity index (χ2n) is 5.11. The molecule has 3 aromatic rings. The van der Waals surface area contributed by atoms with Gasteiger partial charge in [0.1, 0.15) is 10.6 Å². The van der Waals surface area contributed by atoms with Crippen LogP contribution in [0.3, 0.4) is 0 Å². The van der Waals surface area contributed by atoms with Crippen molar-refractivity contribution < 1.29 is 13.2 Å². The number of hydrogen-bond acceptors (Lipinski definition) is 5. The fourth-order valence-corrected chi connectivity index (χ4v) is 4.80. The lowest BCUT2D eigenvalue weighted by molar-refractivity contribution is 0.402. The number of thiophene rings is 1. The van der Waals surface area contributed by atoms with Crippen LogP contribution in [0, 0.1) is 0 Å². The Morgan fingerprint density at radius 2 is 2.04 bits per heavy atom. The lowest BCUT2D eigenvalue weighted by Gasteiger charge is -2.10. The van der Waals surface area contributed by atoms with E-state index in [1.807, 2.05) is 23.6 Å². The van der Waals surface area contributed by atoms with Crippen molar-refractivity contribution in [3.05, 3.63) is 64.8 Å². The molecule has 124 valence electrons. The Bertz CT molecular complexity index is 954. The number of aromatic nitrogens is 1. The van der Waals surface area contributed by atoms with Gasteiger partial charge in [0.05, 0.1) is 12.9 Å². The predicted octanol–water partition coefficient (Wildman–Crippen LogP) is 4.45. The zero-order valence-electron chi connectivity index (χ0n) is 12.8. The maximum Gasteiger partial charge on any atom is 0.186 e. The van der Waals surface area contributed by atoms with Crippen molar-refractivity contribution >= 4 is 32.8 Å². The maximum absolute atomic E-state index is 12.8. The van der Waals surface area contributed by atoms with Gasteiger partial charge in [-0.2, -0.15) is 0 Å². The lowest BCUT2D eigenvalue weighted by Crippen LogP contribution is -2.07. The van der Waals surface area contributed by atoms with Crippen molar-refractivity contribution in [1.29, 1.82) is 0 Å². The highest BCUT2D eigenvalue weighted by Gasteiger charge is 2.21. The molecule has 0 fully saturated rings. The molecule has 1 aromatic carbocycles. The molecule has 0 aliphatic heterocycles. The molecule has 2 heterocycles. The molecule has 0 unspecified atom stereocenters. The molecule has 0 bridgehead atoms. The van der Waals surface area contributed by atoms with Crippen molar-refractivity contribution in [2.75, 3.05) is 7.11 Å². The van der Waals surface area contributed by atoms with Gasteiger partial charge in [-0.15, -0.1) is 11.3 Å². The van der Waals surface area contributed by atoms with E-state index >= 15 is 0 Å². The van der Waals surface area contributed by atoms with E-state index in [-0.39, 0.29) is 16.4 Å². The highest BCUT2D eigenvalue weighted by atomic mass is 35.5. The van der Waals surface area contributed by atoms with Gasteiger partial charge < -0.3 is 4.74 Å². The molecule has 0 aliphatic carbocycles. The van der Waals surface area contributed by atoms with Gasteiger partial charge in [0.25, 0.3) is 0 Å². The minimum atomic E-state index is -3.61. The Morgan fingerprint density at radius 1 is 1.21 bits per heavy atom. The second kappa shape index (κ2) is 6.93. The summed E-state index contributed by atoms with van der Waals surface area (Å²) >= 11 is 7.52. The van der Waals surface area contributed by atoms with Crippen LogP contribution in [0.2, 0.25) is 5.02 Å². The molecular formula is C17H14ClNO3S2. The van der Waals surface area contributed by atoms with Crippen LogP contribution >= 0.6 is 22.9 Å². The predicted molar refractivity (Wildman–Crippen MR) is 96.4 cm³/mol. The number of rotatable bonds is 5. The first-order valence-corrected chi connectivity index (χ1v) is 9.95. The highest BCUT2D eigenvalue weighted by molar-refractivity contribution is 7.90. The summed E-state index contributed by atoms with van der Waals surface area (Å²) in [7, 11) is -2.18. The highest BCUT2D eigenvalue weighted by Crippen LogP contribution is 2.30. The van der Waals surface area contributed by atoms with E-state index in [1.165, 1.54) is 13.2 Å². The Kier molecular flexibility index (Phi) is 4.89. The van der Waals surface area contributed by atoms with Crippen LogP contribution in [-0.2, 0) is 15.6 Å². The number of nitrogens with zero attached hydrogens (tertiary/aromatic N) is 1. The number of hydrogen-bond donors (Lipinski definition) is 0. The smallest absolute Gasteiger partial charge is 0.186 e. The van der Waals surface area contributed by atoms with E-state index in [0.29, 0.717) is 10.6 Å². The summed E-state index contributed by atoms with van der Waals surface area (Å²) in [6.07, 6.45) is 3.29. The molecular weight excluding hydrogens is 366 g/mol. The van der Waals surface area contributed by atoms with E-state index in [1.54, 1.807) is 35.9 Å². The van der Waals surface area contributed by atoms with E-state index in [0.717, 1.165) is 10.4 Å². The first kappa shape index (κ1) is 17.0. The van der Waals surface area contributed by atoms with Crippen LogP contribution in [0.5, 0.6) is 5.75 Å². The molecule has 7 heteroatoms. The van der Waals surface area contributed by atoms with Gasteiger partial charge in [-0.1, -0.05) is 17.7 Å². The van der Waals surface area contributed by atoms with Gasteiger partial charge in [0.15, 0.2) is 9.84 Å². The summed E-state index contributed by atoms with van der Waals surface area (Å²) in [6.45, 7) is 0. The normalized spacial score (nSPS) is 11.4. The Hall–Kier alpha value is -1.89. The maximum atomic E-state index is 12.8. The average molecular weight is 380 g/mol. The largest absolute Gasteiger partial charge is 0.495 e. The summed E-state index contributed by atoms with van der Waals surface area (Å²) < 4.78 is 30.7. The molecule has 0 aliphatic rings. The minimum Gasteiger partial charge on any atom is -0.495 e. The molecule has 0 spiro atoms. The monoisotopic (exact) mass is 379 g/mol. The van der Waals surface area contributed by atoms with Gasteiger partial charge in [-0.25, -0.2) is 8.42 Å². The molecule has 0 saturated heterocycles. The first-order chi connectivity index (χ1) is 11.5. The zero-order valence-corrected chi connectivity index (χ0v) is 15.2. The third-order valence-electron chi connectivity index (χ3n) is 3.42. The summed E-state index contributed by atoms with van der Waals surface area (Å²) in [5, 5.41) is 2.31. The van der Waals surface area contributed by atoms with Crippen LogP contribution in [-0.4, -0.2) is 20.5 Å². The van der Waals surface area contributed by atoms with Gasteiger partial charge >= 0.3 is 0 Å². The van der Waals surface area contributed by atoms with Crippen LogP contribution in [0.15, 0.2) is 59.1 Å². The van der Waals surface area contributed by atoms with Crippen LogP contribution in [0.4, 0.5) is 0 Å². The van der Waals surface area contributed by atoms with Gasteiger partial charge in [-0.05, 0) is 41.3 Å². The zero-order chi connectivity index (χ0) is 17.2. The van der Waals surface area contributed by atoms with Crippen molar-refractivity contribution in [1.82, 2.24) is 4.98 Å². The molecule has 0 saturated carbocycles. The third kappa shape index (κ3) is 3.61. The molecule has 3 rings (SSSR count). The van der Waals surface area contributed by atoms with Crippen molar-refractivity contribution in [2.24, 2.45) is 0 Å². The first-order valence-electron chi connectivity index (χ1n) is 7.04. The van der Waals surface area contributed by atoms with E-state index in [4.69, 9.17) is 16.3 Å². The van der Waals surface area contributed by atoms with Crippen LogP contribution in [0.1, 0.15) is 5.56 Å². The Balaban J connectivity index is 1.96. The van der Waals surface area contributed by atoms with Crippen LogP contribution in [0.25, 0.3) is 10.4 Å². The third-order valence-corrected chi connectivity index (χ3v) is 6.27. The van der Waals surface area contributed by atoms with E-state index in [2.05, 4.69) is 4.98 Å². The SMILES string of the molecule is COc1ccc(Cl)cc1S(=O)(=O)Cc1cncc(-c2cccs2)c1. The molecule has 0 atom stereocenters. The van der Waals surface area contributed by atoms with E-state index in [9.17, 15) is 8.42 Å². The fraction of sp³-hybridized carbons (Fsp3) is 0.118. The number of halogens is 1. The molecule has 0 amide bonds. The second-order valence-corrected chi connectivity index (χ2v) is 8.46. The van der Waals surface area contributed by atoms with Crippen molar-refractivity contribution in [3.63, 3.8) is 0 Å². The topological polar surface area (TPSA) is 56.3 Å². The summed E-state index contributed by atoms with van der Waals surface area (Å²) in [5.41, 5.74) is 1.51. The summed E-state index contributed by atoms with van der Waals surface area (Å²) in [4.78, 5) is 5.29. The Labute approximate surface area is 149 Å². The molecule has 4 nitrogen and oxygen atoms in total. The lowest BCUT2D eigenvalue weighted by atomic mass is 10.2.